The first kappa shape index (κ1) is 73.6. The smallest absolute Gasteiger partial charge is 2.00 e. The monoisotopic (exact) mass is 266 g/mol. The van der Waals surface area contributed by atoms with E-state index in [4.69, 9.17) is 0 Å². The van der Waals surface area contributed by atoms with Crippen LogP contribution in [-0.4, -0.2) is 0 Å². The Morgan fingerprint density at radius 1 is 0.667 bits per heavy atom. The molecule has 0 heterocycles. The zero-order valence-electron chi connectivity index (χ0n) is 3.16. The third kappa shape index (κ3) is 30.7. The minimum atomic E-state index is 0. The number of hydrogen-bond donors (Lipinski definition) is 0. The minimum absolute atomic E-state index is 0. The maximum Gasteiger partial charge on any atom is 3.00 e. The molecule has 0 aromatic rings. The van der Waals surface area contributed by atoms with Crippen molar-refractivity contribution in [2.75, 3.05) is 0 Å². The minimum Gasteiger partial charge on any atom is -2.00 e. The Hall–Kier alpha value is 2.59. The van der Waals surface area contributed by atoms with Crippen molar-refractivity contribution in [3.05, 3.63) is 0 Å². The Morgan fingerprint density at radius 2 is 0.667 bits per heavy atom. The summed E-state index contributed by atoms with van der Waals surface area (Å²) in [4.78, 5) is 0. The zero-order valence-corrected chi connectivity index (χ0v) is 9.89. The molecule has 0 N–H and O–H groups in total. The van der Waals surface area contributed by atoms with Crippen molar-refractivity contribution >= 4 is 0 Å². The van der Waals surface area contributed by atoms with Gasteiger partial charge in [0.15, 0.2) is 0 Å². The molecule has 0 fully saturated rings. The third-order valence-corrected chi connectivity index (χ3v) is 0. The molecule has 30 valence electrons. The van der Waals surface area contributed by atoms with Gasteiger partial charge in [-0.15, -0.1) is 0 Å². The van der Waals surface area contributed by atoms with Crippen LogP contribution >= 0.6 is 0 Å². The second-order valence-corrected chi connectivity index (χ2v) is 0. The van der Waals surface area contributed by atoms with Crippen LogP contribution in [0, 0.1) is 35.6 Å². The average molecular weight is 266 g/mol. The molecule has 0 saturated heterocycles. The first-order valence-electron chi connectivity index (χ1n) is 0. The molecule has 0 bridgehead atoms. The van der Waals surface area contributed by atoms with Gasteiger partial charge in [0.25, 0.3) is 0 Å². The van der Waals surface area contributed by atoms with Crippen molar-refractivity contribution in [3.8, 4) is 0 Å². The molecule has 0 aromatic carbocycles. The third-order valence-electron chi connectivity index (χ3n) is 0. The van der Waals surface area contributed by atoms with Gasteiger partial charge in [-0.1, -0.05) is 0 Å². The average Bonchev–Trinajstić information content (AvgIpc) is 0. The standard InChI is InChI=1S/Fe.La.Na.3O/q+2;+3;+1;3*-2. The molecule has 0 spiro atoms. The molecule has 3 nitrogen and oxygen atoms in total. The summed E-state index contributed by atoms with van der Waals surface area (Å²) in [7, 11) is 0. The largest absolute Gasteiger partial charge is 3.00 e. The molecular weight excluding hydrogens is 266 g/mol. The maximum absolute atomic E-state index is 0. The van der Waals surface area contributed by atoms with Crippen LogP contribution in [0.25, 0.3) is 0 Å². The topological polar surface area (TPSA) is 85.5 Å². The van der Waals surface area contributed by atoms with E-state index < -0.39 is 0 Å². The molecule has 6 heteroatoms. The van der Waals surface area contributed by atoms with Crippen LogP contribution in [-0.2, 0) is 33.5 Å². The molecule has 0 radical (unpaired) electrons. The van der Waals surface area contributed by atoms with E-state index in [0.29, 0.717) is 0 Å². The van der Waals surface area contributed by atoms with E-state index in [1.165, 1.54) is 0 Å². The molecule has 0 amide bonds. The van der Waals surface area contributed by atoms with Crippen molar-refractivity contribution in [1.29, 1.82) is 0 Å². The van der Waals surface area contributed by atoms with Gasteiger partial charge in [-0.3, -0.25) is 0 Å². The van der Waals surface area contributed by atoms with E-state index in [2.05, 4.69) is 0 Å². The Balaban J connectivity index is 0. The van der Waals surface area contributed by atoms with Crippen LogP contribution in [0.3, 0.4) is 0 Å². The summed E-state index contributed by atoms with van der Waals surface area (Å²) in [6.07, 6.45) is 0. The van der Waals surface area contributed by atoms with Gasteiger partial charge in [0.05, 0.1) is 0 Å². The van der Waals surface area contributed by atoms with E-state index in [-0.39, 0.29) is 98.7 Å². The van der Waals surface area contributed by atoms with Crippen LogP contribution in [0.15, 0.2) is 0 Å². The van der Waals surface area contributed by atoms with Gasteiger partial charge in [-0.05, 0) is 0 Å². The Kier molecular flexibility index (Phi) is 602. The van der Waals surface area contributed by atoms with Gasteiger partial charge in [0, 0.05) is 0 Å². The first-order valence-corrected chi connectivity index (χ1v) is 0. The van der Waals surface area contributed by atoms with Crippen molar-refractivity contribution < 1.29 is 98.7 Å². The zero-order chi connectivity index (χ0) is 0. The van der Waals surface area contributed by atoms with Crippen molar-refractivity contribution in [3.63, 3.8) is 0 Å². The fourth-order valence-electron chi connectivity index (χ4n) is 0. The summed E-state index contributed by atoms with van der Waals surface area (Å²) in [6.45, 7) is 0. The van der Waals surface area contributed by atoms with Crippen LogP contribution in [0.2, 0.25) is 0 Å². The van der Waals surface area contributed by atoms with Crippen molar-refractivity contribution in [2.24, 2.45) is 0 Å². The summed E-state index contributed by atoms with van der Waals surface area (Å²) in [5.41, 5.74) is 0. The summed E-state index contributed by atoms with van der Waals surface area (Å²) in [6, 6.07) is 0. The second-order valence-electron chi connectivity index (χ2n) is 0. The van der Waals surface area contributed by atoms with E-state index >= 15 is 0 Å². The van der Waals surface area contributed by atoms with Crippen LogP contribution in [0.1, 0.15) is 0 Å². The Morgan fingerprint density at radius 3 is 0.667 bits per heavy atom. The quantitative estimate of drug-likeness (QED) is 0.410. The molecule has 0 aliphatic rings. The van der Waals surface area contributed by atoms with Gasteiger partial charge in [-0.2, -0.15) is 0 Å². The SMILES string of the molecule is [Fe+2].[La+3].[Na+].[O-2].[O-2].[O-2]. The molecule has 0 rings (SSSR count). The number of hydrogen-bond acceptors (Lipinski definition) is 0. The summed E-state index contributed by atoms with van der Waals surface area (Å²) >= 11 is 0. The van der Waals surface area contributed by atoms with E-state index in [1.807, 2.05) is 0 Å². The van der Waals surface area contributed by atoms with Gasteiger partial charge in [0.1, 0.15) is 0 Å². The van der Waals surface area contributed by atoms with Crippen LogP contribution < -0.4 is 29.6 Å². The molecule has 0 aliphatic heterocycles. The van der Waals surface area contributed by atoms with Crippen LogP contribution in [0.5, 0.6) is 0 Å². The van der Waals surface area contributed by atoms with Crippen LogP contribution in [0.4, 0.5) is 0 Å². The van der Waals surface area contributed by atoms with Gasteiger partial charge in [-0.25, -0.2) is 0 Å². The molecule has 0 atom stereocenters. The van der Waals surface area contributed by atoms with E-state index in [0.717, 1.165) is 0 Å². The Bertz CT molecular complexity index is 10.8. The molecule has 0 aliphatic carbocycles. The van der Waals surface area contributed by atoms with Gasteiger partial charge >= 0.3 is 82.2 Å². The number of rotatable bonds is 0. The van der Waals surface area contributed by atoms with Crippen molar-refractivity contribution in [1.82, 2.24) is 0 Å². The molecule has 0 unspecified atom stereocenters. The summed E-state index contributed by atoms with van der Waals surface area (Å²) in [5, 5.41) is 0. The predicted octanol–water partition coefficient (Wildman–Crippen LogP) is -3.35. The molecular formula is FeLaNaO3. The van der Waals surface area contributed by atoms with E-state index in [9.17, 15) is 0 Å². The molecule has 0 saturated carbocycles. The second kappa shape index (κ2) is 49.1. The van der Waals surface area contributed by atoms with E-state index in [1.54, 1.807) is 0 Å². The predicted molar refractivity (Wildman–Crippen MR) is 2.06 cm³/mol. The van der Waals surface area contributed by atoms with Crippen molar-refractivity contribution in [2.45, 2.75) is 0 Å². The molecule has 0 aromatic heterocycles. The fourth-order valence-corrected chi connectivity index (χ4v) is 0. The first-order chi connectivity index (χ1) is 0. The van der Waals surface area contributed by atoms with Gasteiger partial charge < -0.3 is 16.4 Å². The summed E-state index contributed by atoms with van der Waals surface area (Å²) < 4.78 is 0. The normalized spacial score (nSPS) is 0. The maximum atomic E-state index is 0. The molecule has 6 heavy (non-hydrogen) atoms. The fraction of sp³-hybridized carbons (Fsp3) is 0. The summed E-state index contributed by atoms with van der Waals surface area (Å²) in [5.74, 6) is 0. The Labute approximate surface area is 96.9 Å². The van der Waals surface area contributed by atoms with Gasteiger partial charge in [0.2, 0.25) is 0 Å².